The molecule has 0 aliphatic heterocycles. The summed E-state index contributed by atoms with van der Waals surface area (Å²) in [5.41, 5.74) is 0.361. The van der Waals surface area contributed by atoms with E-state index in [0.29, 0.717) is 24.8 Å². The molecule has 10 heteroatoms. The summed E-state index contributed by atoms with van der Waals surface area (Å²) >= 11 is 0. The van der Waals surface area contributed by atoms with Gasteiger partial charge in [-0.3, -0.25) is 4.79 Å². The molecule has 7 nitrogen and oxygen atoms in total. The van der Waals surface area contributed by atoms with Crippen LogP contribution in [0.4, 0.5) is 0 Å². The van der Waals surface area contributed by atoms with Crippen molar-refractivity contribution >= 4 is 37.1 Å². The Morgan fingerprint density at radius 1 is 0.933 bits per heavy atom. The molecule has 0 aromatic heterocycles. The second-order valence-electron chi connectivity index (χ2n) is 9.28. The fourth-order valence-electron chi connectivity index (χ4n) is 3.17. The molecular formula is C20H43NO6Si3. The third-order valence-corrected chi connectivity index (χ3v) is 15.2. The quantitative estimate of drug-likeness (QED) is 0.155. The van der Waals surface area contributed by atoms with Crippen LogP contribution >= 0.6 is 0 Å². The Morgan fingerprint density at radius 2 is 1.53 bits per heavy atom. The second-order valence-corrected chi connectivity index (χ2v) is 21.6. The summed E-state index contributed by atoms with van der Waals surface area (Å²) in [7, 11) is -6.23. The lowest BCUT2D eigenvalue weighted by Crippen LogP contribution is -2.53. The molecule has 176 valence electrons. The van der Waals surface area contributed by atoms with Crippen molar-refractivity contribution in [1.82, 2.24) is 5.32 Å². The number of carbonyl (C=O) groups is 2. The molecule has 0 unspecified atom stereocenters. The fourth-order valence-corrected chi connectivity index (χ4v) is 17.2. The van der Waals surface area contributed by atoms with E-state index in [2.05, 4.69) is 58.1 Å². The van der Waals surface area contributed by atoms with Crippen molar-refractivity contribution in [3.8, 4) is 0 Å². The van der Waals surface area contributed by atoms with Crippen molar-refractivity contribution in [2.24, 2.45) is 0 Å². The van der Waals surface area contributed by atoms with Crippen LogP contribution in [0, 0.1) is 0 Å². The van der Waals surface area contributed by atoms with Gasteiger partial charge >= 0.3 is 14.5 Å². The van der Waals surface area contributed by atoms with Crippen LogP contribution in [0.1, 0.15) is 26.7 Å². The zero-order chi connectivity index (χ0) is 23.4. The SMILES string of the molecule is C=C(C)C(=O)OCCOCCNC(=O)C[Si](C)(C)O[Si](C)(C)O[Si](C)(C)CCCC. The van der Waals surface area contributed by atoms with Crippen LogP contribution in [0.2, 0.25) is 51.4 Å². The minimum absolute atomic E-state index is 0.0312. The van der Waals surface area contributed by atoms with E-state index in [-0.39, 0.29) is 19.1 Å². The average Bonchev–Trinajstić information content (AvgIpc) is 2.56. The van der Waals surface area contributed by atoms with E-state index in [0.717, 1.165) is 6.04 Å². The van der Waals surface area contributed by atoms with Gasteiger partial charge in [-0.25, -0.2) is 4.79 Å². The van der Waals surface area contributed by atoms with Crippen molar-refractivity contribution < 1.29 is 27.3 Å². The molecular weight excluding hydrogens is 434 g/mol. The Kier molecular flexibility index (Phi) is 13.2. The molecule has 0 aromatic carbocycles. The highest BCUT2D eigenvalue weighted by atomic mass is 28.5. The van der Waals surface area contributed by atoms with E-state index in [1.54, 1.807) is 6.92 Å². The van der Waals surface area contributed by atoms with Crippen LogP contribution in [-0.2, 0) is 27.3 Å². The number of hydrogen-bond acceptors (Lipinski definition) is 6. The van der Waals surface area contributed by atoms with Crippen LogP contribution in [0.5, 0.6) is 0 Å². The Labute approximate surface area is 186 Å². The molecule has 0 saturated carbocycles. The third-order valence-electron chi connectivity index (χ3n) is 4.14. The molecule has 0 aliphatic rings. The van der Waals surface area contributed by atoms with Crippen LogP contribution < -0.4 is 5.32 Å². The van der Waals surface area contributed by atoms with Gasteiger partial charge in [0, 0.05) is 18.2 Å². The predicted molar refractivity (Wildman–Crippen MR) is 129 cm³/mol. The van der Waals surface area contributed by atoms with Crippen molar-refractivity contribution in [3.63, 3.8) is 0 Å². The standard InChI is InChI=1S/C20H43NO6Si3/c1-10-11-16-28(4,5)26-30(8,9)27-29(6,7)17-19(22)21-12-13-24-14-15-25-20(23)18(2)3/h2,10-17H2,1,3-9H3,(H,21,22). The molecule has 0 saturated heterocycles. The monoisotopic (exact) mass is 477 g/mol. The number of esters is 1. The Balaban J connectivity index is 4.21. The summed E-state index contributed by atoms with van der Waals surface area (Å²) in [6, 6.07) is 1.53. The molecule has 0 radical (unpaired) electrons. The van der Waals surface area contributed by atoms with E-state index in [1.165, 1.54) is 12.8 Å². The van der Waals surface area contributed by atoms with Gasteiger partial charge in [-0.2, -0.15) is 0 Å². The lowest BCUT2D eigenvalue weighted by molar-refractivity contribution is -0.140. The van der Waals surface area contributed by atoms with Gasteiger partial charge < -0.3 is 23.0 Å². The van der Waals surface area contributed by atoms with Gasteiger partial charge in [0.25, 0.3) is 0 Å². The van der Waals surface area contributed by atoms with Gasteiger partial charge in [0.1, 0.15) is 6.61 Å². The smallest absolute Gasteiger partial charge is 0.333 e. The number of rotatable bonds is 16. The van der Waals surface area contributed by atoms with Crippen molar-refractivity contribution in [3.05, 3.63) is 12.2 Å². The minimum atomic E-state index is -2.29. The predicted octanol–water partition coefficient (Wildman–Crippen LogP) is 4.18. The largest absolute Gasteiger partial charge is 0.460 e. The molecule has 0 atom stereocenters. The highest BCUT2D eigenvalue weighted by Crippen LogP contribution is 2.25. The maximum absolute atomic E-state index is 12.3. The van der Waals surface area contributed by atoms with Gasteiger partial charge in [0.05, 0.1) is 13.2 Å². The Bertz CT molecular complexity index is 567. The van der Waals surface area contributed by atoms with Crippen LogP contribution in [0.3, 0.4) is 0 Å². The van der Waals surface area contributed by atoms with E-state index in [1.807, 2.05) is 0 Å². The number of hydrogen-bond donors (Lipinski definition) is 1. The number of amides is 1. The first-order valence-corrected chi connectivity index (χ1v) is 19.8. The summed E-state index contributed by atoms with van der Waals surface area (Å²) in [6.07, 6.45) is 2.36. The molecule has 0 bridgehead atoms. The summed E-state index contributed by atoms with van der Waals surface area (Å²) in [5, 5.41) is 2.87. The van der Waals surface area contributed by atoms with Crippen molar-refractivity contribution in [2.45, 2.75) is 78.1 Å². The molecule has 0 aromatic rings. The van der Waals surface area contributed by atoms with Gasteiger partial charge in [0.2, 0.25) is 5.91 Å². The van der Waals surface area contributed by atoms with Gasteiger partial charge in [-0.1, -0.05) is 26.3 Å². The summed E-state index contributed by atoms with van der Waals surface area (Å²) in [5.74, 6) is -0.456. The summed E-state index contributed by atoms with van der Waals surface area (Å²) < 4.78 is 23.3. The van der Waals surface area contributed by atoms with Gasteiger partial charge in [0.15, 0.2) is 16.6 Å². The molecule has 0 heterocycles. The number of ether oxygens (including phenoxy) is 2. The van der Waals surface area contributed by atoms with Crippen LogP contribution in [0.25, 0.3) is 0 Å². The number of carbonyl (C=O) groups excluding carboxylic acids is 2. The topological polar surface area (TPSA) is 83.1 Å². The highest BCUT2D eigenvalue weighted by molar-refractivity contribution is 6.88. The maximum Gasteiger partial charge on any atom is 0.333 e. The lowest BCUT2D eigenvalue weighted by atomic mass is 10.4. The molecule has 1 amide bonds. The van der Waals surface area contributed by atoms with Gasteiger partial charge in [-0.15, -0.1) is 0 Å². The first-order valence-electron chi connectivity index (χ1n) is 10.8. The van der Waals surface area contributed by atoms with E-state index >= 15 is 0 Å². The third kappa shape index (κ3) is 15.1. The highest BCUT2D eigenvalue weighted by Gasteiger charge is 2.40. The fraction of sp³-hybridized carbons (Fsp3) is 0.800. The Hall–Kier alpha value is -0.789. The minimum Gasteiger partial charge on any atom is -0.460 e. The normalized spacial score (nSPS) is 12.5. The molecule has 0 rings (SSSR count). The van der Waals surface area contributed by atoms with E-state index in [9.17, 15) is 9.59 Å². The summed E-state index contributed by atoms with van der Waals surface area (Å²) in [4.78, 5) is 23.5. The molecule has 0 fully saturated rings. The van der Waals surface area contributed by atoms with Crippen molar-refractivity contribution in [1.29, 1.82) is 0 Å². The summed E-state index contributed by atoms with van der Waals surface area (Å²) in [6.45, 7) is 21.3. The zero-order valence-electron chi connectivity index (χ0n) is 20.3. The van der Waals surface area contributed by atoms with E-state index < -0.39 is 31.2 Å². The molecule has 30 heavy (non-hydrogen) atoms. The van der Waals surface area contributed by atoms with E-state index in [4.69, 9.17) is 17.7 Å². The average molecular weight is 478 g/mol. The second kappa shape index (κ2) is 13.6. The lowest BCUT2D eigenvalue weighted by Gasteiger charge is -2.38. The Morgan fingerprint density at radius 3 is 2.10 bits per heavy atom. The molecule has 1 N–H and O–H groups in total. The molecule has 0 spiro atoms. The van der Waals surface area contributed by atoms with Gasteiger partial charge in [-0.05, 0) is 52.2 Å². The van der Waals surface area contributed by atoms with Crippen LogP contribution in [-0.4, -0.2) is 63.4 Å². The maximum atomic E-state index is 12.3. The zero-order valence-corrected chi connectivity index (χ0v) is 23.3. The first kappa shape index (κ1) is 29.2. The number of nitrogens with one attached hydrogen (secondary N) is 1. The first-order chi connectivity index (χ1) is 13.7. The number of unbranched alkanes of at least 4 members (excludes halogenated alkanes) is 1. The van der Waals surface area contributed by atoms with Crippen molar-refractivity contribution in [2.75, 3.05) is 26.4 Å². The molecule has 0 aliphatic carbocycles. The van der Waals surface area contributed by atoms with Crippen LogP contribution in [0.15, 0.2) is 12.2 Å².